The average Bonchev–Trinajstić information content (AvgIpc) is 2.29. The Kier molecular flexibility index (Phi) is 1.51. The first-order valence-electron chi connectivity index (χ1n) is 3.34. The molecule has 60 valence electrons. The van der Waals surface area contributed by atoms with Crippen LogP contribution in [0.3, 0.4) is 0 Å². The van der Waals surface area contributed by atoms with E-state index in [1.807, 2.05) is 12.1 Å². The molecule has 0 fully saturated rings. The van der Waals surface area contributed by atoms with Crippen LogP contribution in [0.2, 0.25) is 0 Å². The van der Waals surface area contributed by atoms with Gasteiger partial charge in [0.1, 0.15) is 0 Å². The minimum Gasteiger partial charge on any atom is -0.421 e. The van der Waals surface area contributed by atoms with E-state index in [2.05, 4.69) is 15.9 Å². The van der Waals surface area contributed by atoms with E-state index in [1.165, 1.54) is 0 Å². The van der Waals surface area contributed by atoms with Crippen molar-refractivity contribution >= 4 is 27.7 Å². The predicted octanol–water partition coefficient (Wildman–Crippen LogP) is 2.13. The maximum Gasteiger partial charge on any atom is 0.223 e. The summed E-state index contributed by atoms with van der Waals surface area (Å²) in [5.41, 5.74) is 1.34. The second kappa shape index (κ2) is 2.42. The Bertz CT molecular complexity index is 387. The number of ether oxygens (including phenoxy) is 1. The Morgan fingerprint density at radius 1 is 1.17 bits per heavy atom. The molecule has 1 heterocycles. The molecule has 0 radical (unpaired) electrons. The molecule has 0 amide bonds. The van der Waals surface area contributed by atoms with E-state index < -0.39 is 0 Å². The number of hydrogen-bond acceptors (Lipinski definition) is 3. The molecule has 0 aliphatic carbocycles. The monoisotopic (exact) mass is 224 g/mol. The fraction of sp³-hybridized carbons (Fsp3) is 0. The minimum absolute atomic E-state index is 0.0440. The Morgan fingerprint density at radius 3 is 2.58 bits per heavy atom. The summed E-state index contributed by atoms with van der Waals surface area (Å²) in [5.74, 6) is 0.0961. The summed E-state index contributed by atoms with van der Waals surface area (Å²) in [6.45, 7) is 0. The van der Waals surface area contributed by atoms with Crippen molar-refractivity contribution in [3.63, 3.8) is 0 Å². The summed E-state index contributed by atoms with van der Waals surface area (Å²) in [7, 11) is 0. The molecule has 0 spiro atoms. The van der Waals surface area contributed by atoms with Gasteiger partial charge in [-0.15, -0.1) is 0 Å². The molecule has 0 aromatic heterocycles. The highest BCUT2D eigenvalue weighted by molar-refractivity contribution is 9.10. The second-order valence-corrected chi connectivity index (χ2v) is 3.28. The van der Waals surface area contributed by atoms with E-state index in [-0.39, 0.29) is 11.8 Å². The fourth-order valence-corrected chi connectivity index (χ4v) is 1.70. The van der Waals surface area contributed by atoms with Gasteiger partial charge in [0.15, 0.2) is 0 Å². The maximum absolute atomic E-state index is 7.41. The molecule has 1 aromatic carbocycles. The van der Waals surface area contributed by atoms with Gasteiger partial charge in [-0.1, -0.05) is 6.07 Å². The first-order chi connectivity index (χ1) is 5.70. The van der Waals surface area contributed by atoms with Crippen LogP contribution in [0.5, 0.6) is 0 Å². The number of benzene rings is 1. The molecule has 1 aromatic rings. The number of halogens is 1. The first-order valence-corrected chi connectivity index (χ1v) is 4.13. The third-order valence-corrected chi connectivity index (χ3v) is 2.35. The smallest absolute Gasteiger partial charge is 0.223 e. The second-order valence-electron chi connectivity index (χ2n) is 2.42. The van der Waals surface area contributed by atoms with Gasteiger partial charge >= 0.3 is 0 Å². The zero-order chi connectivity index (χ0) is 8.72. The SMILES string of the molecule is N=C1OC(=N)c2c(Br)cccc21. The lowest BCUT2D eigenvalue weighted by atomic mass is 10.1. The maximum atomic E-state index is 7.41. The van der Waals surface area contributed by atoms with Crippen LogP contribution in [0.1, 0.15) is 11.1 Å². The molecule has 0 atom stereocenters. The summed E-state index contributed by atoms with van der Waals surface area (Å²) in [6.07, 6.45) is 0. The summed E-state index contributed by atoms with van der Waals surface area (Å²) >= 11 is 3.30. The van der Waals surface area contributed by atoms with Crippen molar-refractivity contribution in [1.29, 1.82) is 10.8 Å². The molecular weight excluding hydrogens is 220 g/mol. The summed E-state index contributed by atoms with van der Waals surface area (Å²) < 4.78 is 5.65. The van der Waals surface area contributed by atoms with Gasteiger partial charge in [0.2, 0.25) is 11.8 Å². The molecule has 4 heteroatoms. The van der Waals surface area contributed by atoms with Crippen LogP contribution in [-0.2, 0) is 4.74 Å². The Balaban J connectivity index is 2.75. The van der Waals surface area contributed by atoms with Crippen molar-refractivity contribution in [2.75, 3.05) is 0 Å². The van der Waals surface area contributed by atoms with Crippen LogP contribution in [-0.4, -0.2) is 11.8 Å². The van der Waals surface area contributed by atoms with Crippen LogP contribution in [0.15, 0.2) is 22.7 Å². The van der Waals surface area contributed by atoms with Crippen molar-refractivity contribution in [2.45, 2.75) is 0 Å². The average molecular weight is 225 g/mol. The molecule has 0 unspecified atom stereocenters. The van der Waals surface area contributed by atoms with Gasteiger partial charge in [0.25, 0.3) is 0 Å². The summed E-state index contributed by atoms with van der Waals surface area (Å²) in [5, 5.41) is 14.8. The van der Waals surface area contributed by atoms with Crippen LogP contribution in [0, 0.1) is 10.8 Å². The van der Waals surface area contributed by atoms with Crippen molar-refractivity contribution in [3.05, 3.63) is 33.8 Å². The molecule has 1 aliphatic rings. The molecule has 0 saturated heterocycles. The van der Waals surface area contributed by atoms with Gasteiger partial charge < -0.3 is 4.74 Å². The Labute approximate surface area is 77.5 Å². The van der Waals surface area contributed by atoms with E-state index in [9.17, 15) is 0 Å². The molecule has 0 bridgehead atoms. The number of hydrogen-bond donors (Lipinski definition) is 2. The largest absolute Gasteiger partial charge is 0.421 e. The van der Waals surface area contributed by atoms with E-state index in [1.54, 1.807) is 6.07 Å². The molecule has 3 nitrogen and oxygen atoms in total. The van der Waals surface area contributed by atoms with Crippen molar-refractivity contribution in [2.24, 2.45) is 0 Å². The van der Waals surface area contributed by atoms with Gasteiger partial charge in [0, 0.05) is 4.47 Å². The van der Waals surface area contributed by atoms with Crippen LogP contribution in [0.4, 0.5) is 0 Å². The topological polar surface area (TPSA) is 56.9 Å². The fourth-order valence-electron chi connectivity index (χ4n) is 1.15. The van der Waals surface area contributed by atoms with E-state index in [4.69, 9.17) is 15.6 Å². The lowest BCUT2D eigenvalue weighted by Gasteiger charge is -1.95. The zero-order valence-corrected chi connectivity index (χ0v) is 7.60. The molecule has 2 rings (SSSR count). The van der Waals surface area contributed by atoms with E-state index >= 15 is 0 Å². The highest BCUT2D eigenvalue weighted by Gasteiger charge is 2.25. The quantitative estimate of drug-likeness (QED) is 0.698. The predicted molar refractivity (Wildman–Crippen MR) is 48.9 cm³/mol. The number of nitrogens with one attached hydrogen (secondary N) is 2. The third kappa shape index (κ3) is 0.881. The van der Waals surface area contributed by atoms with Gasteiger partial charge in [-0.3, -0.25) is 10.8 Å². The van der Waals surface area contributed by atoms with Crippen LogP contribution < -0.4 is 0 Å². The van der Waals surface area contributed by atoms with Crippen molar-refractivity contribution < 1.29 is 4.74 Å². The lowest BCUT2D eigenvalue weighted by molar-refractivity contribution is 0.553. The Hall–Kier alpha value is -1.16. The molecule has 1 aliphatic heterocycles. The number of rotatable bonds is 0. The molecule has 12 heavy (non-hydrogen) atoms. The highest BCUT2D eigenvalue weighted by Crippen LogP contribution is 2.26. The van der Waals surface area contributed by atoms with E-state index in [0.717, 1.165) is 4.47 Å². The van der Waals surface area contributed by atoms with Gasteiger partial charge in [-0.2, -0.15) is 0 Å². The molecule has 2 N–H and O–H groups in total. The van der Waals surface area contributed by atoms with Crippen LogP contribution in [0.25, 0.3) is 0 Å². The standard InChI is InChI=1S/C8H5BrN2O/c9-5-3-1-2-4-6(5)8(11)12-7(4)10/h1-3,10-11H. The van der Waals surface area contributed by atoms with Crippen molar-refractivity contribution in [1.82, 2.24) is 0 Å². The Morgan fingerprint density at radius 2 is 1.92 bits per heavy atom. The van der Waals surface area contributed by atoms with Crippen molar-refractivity contribution in [3.8, 4) is 0 Å². The minimum atomic E-state index is 0.0440. The zero-order valence-electron chi connectivity index (χ0n) is 6.02. The molecule has 0 saturated carbocycles. The number of fused-ring (bicyclic) bond motifs is 1. The first kappa shape index (κ1) is 7.49. The lowest BCUT2D eigenvalue weighted by Crippen LogP contribution is -1.97. The third-order valence-electron chi connectivity index (χ3n) is 1.69. The van der Waals surface area contributed by atoms with Gasteiger partial charge in [-0.25, -0.2) is 0 Å². The van der Waals surface area contributed by atoms with Gasteiger partial charge in [0.05, 0.1) is 11.1 Å². The van der Waals surface area contributed by atoms with Gasteiger partial charge in [-0.05, 0) is 28.1 Å². The molecular formula is C8H5BrN2O. The normalized spacial score (nSPS) is 14.4. The highest BCUT2D eigenvalue weighted by atomic mass is 79.9. The summed E-state index contributed by atoms with van der Waals surface area (Å²) in [4.78, 5) is 0. The summed E-state index contributed by atoms with van der Waals surface area (Å²) in [6, 6.07) is 5.42. The van der Waals surface area contributed by atoms with Crippen LogP contribution >= 0.6 is 15.9 Å². The van der Waals surface area contributed by atoms with E-state index in [0.29, 0.717) is 11.1 Å².